The summed E-state index contributed by atoms with van der Waals surface area (Å²) in [5.74, 6) is 1.47. The van der Waals surface area contributed by atoms with Crippen molar-refractivity contribution in [3.63, 3.8) is 0 Å². The summed E-state index contributed by atoms with van der Waals surface area (Å²) in [6, 6.07) is 0.786. The maximum atomic E-state index is 4.98. The van der Waals surface area contributed by atoms with Gasteiger partial charge in [0.05, 0.1) is 5.69 Å². The van der Waals surface area contributed by atoms with Crippen molar-refractivity contribution in [1.82, 2.24) is 10.3 Å². The topological polar surface area (TPSA) is 28.2 Å². The van der Waals surface area contributed by atoms with Crippen LogP contribution in [0.5, 0.6) is 0 Å². The molecule has 1 heterocycles. The quantitative estimate of drug-likeness (QED) is 0.829. The monoisotopic (exact) mass is 279 g/mol. The van der Waals surface area contributed by atoms with Gasteiger partial charge in [-0.15, -0.1) is 11.3 Å². The molecule has 0 unspecified atom stereocenters. The number of nitrogens with one attached hydrogen (secondary N) is 1. The first-order valence-corrected chi connectivity index (χ1v) is 8.41. The molecule has 0 atom stereocenters. The normalized spacial score (nSPS) is 19.2. The summed E-state index contributed by atoms with van der Waals surface area (Å²) in [6.07, 6.45) is 5.58. The van der Waals surface area contributed by atoms with Gasteiger partial charge >= 0.3 is 0 Å². The second-order valence-corrected chi connectivity index (χ2v) is 7.38. The summed E-state index contributed by atoms with van der Waals surface area (Å²) in [7, 11) is 2.02. The van der Waals surface area contributed by atoms with Crippen LogP contribution in [0.4, 0.5) is 5.13 Å². The van der Waals surface area contributed by atoms with Gasteiger partial charge in [-0.1, -0.05) is 13.8 Å². The van der Waals surface area contributed by atoms with E-state index in [-0.39, 0.29) is 0 Å². The van der Waals surface area contributed by atoms with Crippen LogP contribution in [0.1, 0.15) is 56.0 Å². The smallest absolute Gasteiger partial charge is 0.186 e. The Hall–Kier alpha value is -0.610. The van der Waals surface area contributed by atoms with Crippen LogP contribution >= 0.6 is 11.3 Å². The van der Waals surface area contributed by atoms with E-state index in [2.05, 4.69) is 24.1 Å². The van der Waals surface area contributed by atoms with Gasteiger partial charge < -0.3 is 10.2 Å². The maximum Gasteiger partial charge on any atom is 0.186 e. The largest absolute Gasteiger partial charge is 0.345 e. The minimum absolute atomic E-state index is 0.523. The molecule has 4 heteroatoms. The zero-order valence-corrected chi connectivity index (χ0v) is 13.1. The van der Waals surface area contributed by atoms with E-state index in [4.69, 9.17) is 4.98 Å². The van der Waals surface area contributed by atoms with Gasteiger partial charge in [-0.2, -0.15) is 0 Å². The first-order chi connectivity index (χ1) is 9.19. The third-order valence-corrected chi connectivity index (χ3v) is 5.09. The molecule has 1 aromatic rings. The minimum Gasteiger partial charge on any atom is -0.345 e. The third-order valence-electron chi connectivity index (χ3n) is 3.99. The molecule has 1 aromatic heterocycles. The first-order valence-electron chi connectivity index (χ1n) is 7.60. The standard InChI is InChI=1S/C15H25N3S/c1-10(2)14-13(8-16-3)19-15(17-14)18(12-6-7-12)9-11-4-5-11/h10-12,16H,4-9H2,1-3H3. The van der Waals surface area contributed by atoms with Gasteiger partial charge in [-0.3, -0.25) is 0 Å². The van der Waals surface area contributed by atoms with E-state index in [9.17, 15) is 0 Å². The van der Waals surface area contributed by atoms with Crippen molar-refractivity contribution in [1.29, 1.82) is 0 Å². The van der Waals surface area contributed by atoms with Crippen molar-refractivity contribution < 1.29 is 0 Å². The van der Waals surface area contributed by atoms with Crippen LogP contribution in [-0.4, -0.2) is 24.6 Å². The summed E-state index contributed by atoms with van der Waals surface area (Å²) in [5.41, 5.74) is 1.30. The Balaban J connectivity index is 1.82. The zero-order valence-electron chi connectivity index (χ0n) is 12.3. The Morgan fingerprint density at radius 2 is 2.05 bits per heavy atom. The van der Waals surface area contributed by atoms with Gasteiger partial charge in [0.1, 0.15) is 0 Å². The number of anilines is 1. The van der Waals surface area contributed by atoms with Gasteiger partial charge in [0.25, 0.3) is 0 Å². The third kappa shape index (κ3) is 3.11. The van der Waals surface area contributed by atoms with Crippen molar-refractivity contribution in [2.24, 2.45) is 5.92 Å². The highest BCUT2D eigenvalue weighted by Crippen LogP contribution is 2.40. The molecular weight excluding hydrogens is 254 g/mol. The van der Waals surface area contributed by atoms with Gasteiger partial charge in [0.2, 0.25) is 0 Å². The van der Waals surface area contributed by atoms with Crippen LogP contribution in [0.3, 0.4) is 0 Å². The molecule has 2 aliphatic carbocycles. The fraction of sp³-hybridized carbons (Fsp3) is 0.800. The molecule has 19 heavy (non-hydrogen) atoms. The number of hydrogen-bond donors (Lipinski definition) is 1. The molecule has 0 radical (unpaired) electrons. The van der Waals surface area contributed by atoms with Gasteiger partial charge in [-0.25, -0.2) is 4.98 Å². The minimum atomic E-state index is 0.523. The average molecular weight is 279 g/mol. The molecule has 0 saturated heterocycles. The molecule has 2 saturated carbocycles. The lowest BCUT2D eigenvalue weighted by atomic mass is 10.1. The number of thiazole rings is 1. The molecule has 0 bridgehead atoms. The van der Waals surface area contributed by atoms with Crippen molar-refractivity contribution in [3.8, 4) is 0 Å². The van der Waals surface area contributed by atoms with E-state index in [0.717, 1.165) is 18.5 Å². The van der Waals surface area contributed by atoms with Crippen LogP contribution in [0.2, 0.25) is 0 Å². The Labute approximate surface area is 120 Å². The van der Waals surface area contributed by atoms with E-state index >= 15 is 0 Å². The highest BCUT2D eigenvalue weighted by Gasteiger charge is 2.35. The van der Waals surface area contributed by atoms with Crippen LogP contribution in [0.25, 0.3) is 0 Å². The van der Waals surface area contributed by atoms with E-state index in [0.29, 0.717) is 5.92 Å². The van der Waals surface area contributed by atoms with E-state index < -0.39 is 0 Å². The lowest BCUT2D eigenvalue weighted by Gasteiger charge is -2.21. The average Bonchev–Trinajstić information content (AvgIpc) is 3.26. The first kappa shape index (κ1) is 13.4. The molecule has 0 spiro atoms. The lowest BCUT2D eigenvalue weighted by molar-refractivity contribution is 0.710. The van der Waals surface area contributed by atoms with Crippen molar-refractivity contribution in [3.05, 3.63) is 10.6 Å². The fourth-order valence-corrected chi connectivity index (χ4v) is 3.87. The van der Waals surface area contributed by atoms with Gasteiger partial charge in [0.15, 0.2) is 5.13 Å². The number of hydrogen-bond acceptors (Lipinski definition) is 4. The van der Waals surface area contributed by atoms with E-state index in [1.54, 1.807) is 0 Å². The Kier molecular flexibility index (Phi) is 3.81. The molecule has 0 aromatic carbocycles. The Morgan fingerprint density at radius 1 is 1.32 bits per heavy atom. The summed E-state index contributed by atoms with van der Waals surface area (Å²) in [4.78, 5) is 9.00. The fourth-order valence-electron chi connectivity index (χ4n) is 2.56. The lowest BCUT2D eigenvalue weighted by Crippen LogP contribution is -2.27. The Morgan fingerprint density at radius 3 is 2.58 bits per heavy atom. The predicted octanol–water partition coefficient (Wildman–Crippen LogP) is 3.36. The van der Waals surface area contributed by atoms with Crippen LogP contribution in [-0.2, 0) is 6.54 Å². The van der Waals surface area contributed by atoms with Crippen LogP contribution in [0.15, 0.2) is 0 Å². The summed E-state index contributed by atoms with van der Waals surface area (Å²) >= 11 is 1.91. The maximum absolute atomic E-state index is 4.98. The van der Waals surface area contributed by atoms with Gasteiger partial charge in [-0.05, 0) is 44.6 Å². The highest BCUT2D eigenvalue weighted by atomic mass is 32.1. The molecule has 3 rings (SSSR count). The molecule has 2 fully saturated rings. The zero-order chi connectivity index (χ0) is 13.4. The predicted molar refractivity (Wildman–Crippen MR) is 82.1 cm³/mol. The van der Waals surface area contributed by atoms with Crippen LogP contribution < -0.4 is 10.2 Å². The van der Waals surface area contributed by atoms with Gasteiger partial charge in [0, 0.05) is 24.0 Å². The molecule has 3 nitrogen and oxygen atoms in total. The summed E-state index contributed by atoms with van der Waals surface area (Å²) in [5, 5.41) is 4.56. The summed E-state index contributed by atoms with van der Waals surface area (Å²) < 4.78 is 0. The Bertz CT molecular complexity index is 433. The molecule has 1 N–H and O–H groups in total. The van der Waals surface area contributed by atoms with E-state index in [1.807, 2.05) is 18.4 Å². The van der Waals surface area contributed by atoms with Crippen molar-refractivity contribution in [2.75, 3.05) is 18.5 Å². The number of aromatic nitrogens is 1. The van der Waals surface area contributed by atoms with Crippen molar-refractivity contribution >= 4 is 16.5 Å². The molecular formula is C15H25N3S. The highest BCUT2D eigenvalue weighted by molar-refractivity contribution is 7.15. The molecule has 0 amide bonds. The second kappa shape index (κ2) is 5.41. The molecule has 0 aliphatic heterocycles. The number of rotatable bonds is 7. The second-order valence-electron chi connectivity index (χ2n) is 6.32. The summed E-state index contributed by atoms with van der Waals surface area (Å²) in [6.45, 7) is 6.70. The number of nitrogens with zero attached hydrogens (tertiary/aromatic N) is 2. The van der Waals surface area contributed by atoms with Crippen molar-refractivity contribution in [2.45, 2.75) is 58.0 Å². The SMILES string of the molecule is CNCc1sc(N(CC2CC2)C2CC2)nc1C(C)C. The molecule has 106 valence electrons. The van der Waals surface area contributed by atoms with E-state index in [1.165, 1.54) is 47.9 Å². The van der Waals surface area contributed by atoms with Crippen LogP contribution in [0, 0.1) is 5.92 Å². The molecule has 2 aliphatic rings.